The summed E-state index contributed by atoms with van der Waals surface area (Å²) in [6, 6.07) is 5.94. The first kappa shape index (κ1) is 20.2. The number of amides is 1. The van der Waals surface area contributed by atoms with Gasteiger partial charge < -0.3 is 25.4 Å². The number of rotatable bonds is 7. The van der Waals surface area contributed by atoms with E-state index in [4.69, 9.17) is 0 Å². The molecule has 1 fully saturated rings. The Kier molecular flexibility index (Phi) is 6.57. The standard InChI is InChI=1S/C21H32N6O/c1-15-20(25-14-24-15)16-7-10-27(11-8-16)19-6-5-17(13-18(19)22-2)21(28)23-9-12-26(3)4/h5-6,13-14,16,22H,7-12H2,1-4H3,(H,23,28)(H,24,25). The predicted molar refractivity (Wildman–Crippen MR) is 114 cm³/mol. The molecule has 7 heteroatoms. The molecule has 0 bridgehead atoms. The Morgan fingerprint density at radius 2 is 2.07 bits per heavy atom. The molecule has 0 unspecified atom stereocenters. The third-order valence-electron chi connectivity index (χ3n) is 5.48. The summed E-state index contributed by atoms with van der Waals surface area (Å²) in [7, 11) is 5.90. The largest absolute Gasteiger partial charge is 0.386 e. The molecule has 0 aliphatic carbocycles. The van der Waals surface area contributed by atoms with E-state index in [9.17, 15) is 4.79 Å². The average Bonchev–Trinajstić information content (AvgIpc) is 3.13. The van der Waals surface area contributed by atoms with Crippen LogP contribution in [0.1, 0.15) is 40.5 Å². The van der Waals surface area contributed by atoms with Gasteiger partial charge in [-0.05, 0) is 52.1 Å². The smallest absolute Gasteiger partial charge is 0.251 e. The molecule has 1 aromatic heterocycles. The fourth-order valence-corrected chi connectivity index (χ4v) is 3.84. The molecule has 28 heavy (non-hydrogen) atoms. The van der Waals surface area contributed by atoms with E-state index < -0.39 is 0 Å². The van der Waals surface area contributed by atoms with Gasteiger partial charge in [-0.1, -0.05) is 0 Å². The van der Waals surface area contributed by atoms with Gasteiger partial charge in [-0.3, -0.25) is 4.79 Å². The van der Waals surface area contributed by atoms with Gasteiger partial charge in [0, 0.05) is 50.4 Å². The number of nitrogens with one attached hydrogen (secondary N) is 3. The highest BCUT2D eigenvalue weighted by molar-refractivity contribution is 5.96. The number of nitrogens with zero attached hydrogens (tertiary/aromatic N) is 3. The molecule has 3 rings (SSSR count). The number of piperidine rings is 1. The maximum atomic E-state index is 12.4. The van der Waals surface area contributed by atoms with E-state index in [1.54, 1.807) is 6.33 Å². The first-order chi connectivity index (χ1) is 13.5. The van der Waals surface area contributed by atoms with Crippen LogP contribution in [0.15, 0.2) is 24.5 Å². The highest BCUT2D eigenvalue weighted by atomic mass is 16.1. The molecule has 3 N–H and O–H groups in total. The summed E-state index contributed by atoms with van der Waals surface area (Å²) in [6.45, 7) is 5.52. The van der Waals surface area contributed by atoms with Gasteiger partial charge in [0.2, 0.25) is 0 Å². The first-order valence-corrected chi connectivity index (χ1v) is 9.99. The van der Waals surface area contributed by atoms with Crippen LogP contribution in [0.3, 0.4) is 0 Å². The van der Waals surface area contributed by atoms with E-state index in [0.717, 1.165) is 49.5 Å². The normalized spacial score (nSPS) is 15.1. The van der Waals surface area contributed by atoms with Crippen LogP contribution in [0.25, 0.3) is 0 Å². The molecule has 0 spiro atoms. The Morgan fingerprint density at radius 3 is 2.68 bits per heavy atom. The van der Waals surface area contributed by atoms with Crippen molar-refractivity contribution in [3.8, 4) is 0 Å². The number of hydrogen-bond donors (Lipinski definition) is 3. The lowest BCUT2D eigenvalue weighted by molar-refractivity contribution is 0.0951. The minimum atomic E-state index is -0.0293. The van der Waals surface area contributed by atoms with Crippen LogP contribution >= 0.6 is 0 Å². The van der Waals surface area contributed by atoms with E-state index in [1.807, 2.05) is 33.3 Å². The SMILES string of the molecule is CNc1cc(C(=O)NCCN(C)C)ccc1N1CCC(c2[nH]cnc2C)CC1. The Hall–Kier alpha value is -2.54. The summed E-state index contributed by atoms with van der Waals surface area (Å²) < 4.78 is 0. The monoisotopic (exact) mass is 384 g/mol. The lowest BCUT2D eigenvalue weighted by Gasteiger charge is -2.34. The van der Waals surface area contributed by atoms with Gasteiger partial charge in [0.1, 0.15) is 0 Å². The second kappa shape index (κ2) is 9.10. The van der Waals surface area contributed by atoms with Crippen LogP contribution in [0, 0.1) is 6.92 Å². The zero-order valence-corrected chi connectivity index (χ0v) is 17.4. The van der Waals surface area contributed by atoms with Crippen molar-refractivity contribution in [2.45, 2.75) is 25.7 Å². The molecular weight excluding hydrogens is 352 g/mol. The quantitative estimate of drug-likeness (QED) is 0.684. The summed E-state index contributed by atoms with van der Waals surface area (Å²) in [6.07, 6.45) is 3.98. The highest BCUT2D eigenvalue weighted by Gasteiger charge is 2.24. The van der Waals surface area contributed by atoms with E-state index >= 15 is 0 Å². The third-order valence-corrected chi connectivity index (χ3v) is 5.48. The van der Waals surface area contributed by atoms with Gasteiger partial charge in [-0.15, -0.1) is 0 Å². The number of H-pyrrole nitrogens is 1. The van der Waals surface area contributed by atoms with Crippen molar-refractivity contribution in [1.29, 1.82) is 0 Å². The first-order valence-electron chi connectivity index (χ1n) is 9.99. The van der Waals surface area contributed by atoms with Gasteiger partial charge in [0.25, 0.3) is 5.91 Å². The predicted octanol–water partition coefficient (Wildman–Crippen LogP) is 2.44. The molecular formula is C21H32N6O. The van der Waals surface area contributed by atoms with Crippen molar-refractivity contribution in [1.82, 2.24) is 20.2 Å². The Balaban J connectivity index is 1.64. The van der Waals surface area contributed by atoms with Crippen LogP contribution in [0.4, 0.5) is 11.4 Å². The molecule has 1 aliphatic heterocycles. The topological polar surface area (TPSA) is 76.3 Å². The zero-order valence-electron chi connectivity index (χ0n) is 17.4. The van der Waals surface area contributed by atoms with Crippen molar-refractivity contribution in [2.24, 2.45) is 0 Å². The summed E-state index contributed by atoms with van der Waals surface area (Å²) in [4.78, 5) is 24.5. The van der Waals surface area contributed by atoms with Crippen molar-refractivity contribution >= 4 is 17.3 Å². The molecule has 1 amide bonds. The van der Waals surface area contributed by atoms with Gasteiger partial charge in [-0.2, -0.15) is 0 Å². The molecule has 7 nitrogen and oxygen atoms in total. The fraction of sp³-hybridized carbons (Fsp3) is 0.524. The molecule has 1 saturated heterocycles. The summed E-state index contributed by atoms with van der Waals surface area (Å²) in [5, 5.41) is 6.24. The second-order valence-corrected chi connectivity index (χ2v) is 7.70. The summed E-state index contributed by atoms with van der Waals surface area (Å²) in [5.41, 5.74) is 5.23. The minimum Gasteiger partial charge on any atom is -0.386 e. The maximum absolute atomic E-state index is 12.4. The minimum absolute atomic E-state index is 0.0293. The number of carbonyl (C=O) groups is 1. The Bertz CT molecular complexity index is 792. The van der Waals surface area contributed by atoms with Crippen molar-refractivity contribution in [2.75, 3.05) is 57.5 Å². The van der Waals surface area contributed by atoms with Crippen molar-refractivity contribution in [3.05, 3.63) is 41.5 Å². The van der Waals surface area contributed by atoms with E-state index in [-0.39, 0.29) is 5.91 Å². The molecule has 0 radical (unpaired) electrons. The van der Waals surface area contributed by atoms with Gasteiger partial charge in [-0.25, -0.2) is 4.98 Å². The van der Waals surface area contributed by atoms with E-state index in [0.29, 0.717) is 18.0 Å². The molecule has 0 saturated carbocycles. The number of aryl methyl sites for hydroxylation is 1. The van der Waals surface area contributed by atoms with Crippen molar-refractivity contribution in [3.63, 3.8) is 0 Å². The number of aromatic amines is 1. The Morgan fingerprint density at radius 1 is 1.32 bits per heavy atom. The van der Waals surface area contributed by atoms with Crippen LogP contribution in [-0.2, 0) is 0 Å². The molecule has 2 aromatic rings. The van der Waals surface area contributed by atoms with Gasteiger partial charge in [0.05, 0.1) is 23.4 Å². The summed E-state index contributed by atoms with van der Waals surface area (Å²) in [5.74, 6) is 0.511. The maximum Gasteiger partial charge on any atom is 0.251 e. The van der Waals surface area contributed by atoms with Crippen LogP contribution in [0.2, 0.25) is 0 Å². The van der Waals surface area contributed by atoms with Crippen LogP contribution in [0.5, 0.6) is 0 Å². The number of hydrogen-bond acceptors (Lipinski definition) is 5. The molecule has 1 aliphatic rings. The van der Waals surface area contributed by atoms with Crippen LogP contribution in [-0.4, -0.2) is 68.1 Å². The third kappa shape index (κ3) is 4.65. The number of likely N-dealkylation sites (N-methyl/N-ethyl adjacent to an activating group) is 1. The molecule has 152 valence electrons. The lowest BCUT2D eigenvalue weighted by atomic mass is 9.92. The molecule has 0 atom stereocenters. The van der Waals surface area contributed by atoms with Gasteiger partial charge >= 0.3 is 0 Å². The summed E-state index contributed by atoms with van der Waals surface area (Å²) >= 11 is 0. The highest BCUT2D eigenvalue weighted by Crippen LogP contribution is 2.34. The van der Waals surface area contributed by atoms with Crippen molar-refractivity contribution < 1.29 is 4.79 Å². The number of anilines is 2. The zero-order chi connectivity index (χ0) is 20.1. The Labute approximate surface area is 167 Å². The van der Waals surface area contributed by atoms with E-state index in [2.05, 4.69) is 43.4 Å². The van der Waals surface area contributed by atoms with Gasteiger partial charge in [0.15, 0.2) is 0 Å². The van der Waals surface area contributed by atoms with E-state index in [1.165, 1.54) is 5.69 Å². The number of imidazole rings is 1. The molecule has 2 heterocycles. The second-order valence-electron chi connectivity index (χ2n) is 7.70. The number of carbonyl (C=O) groups excluding carboxylic acids is 1. The fourth-order valence-electron chi connectivity index (χ4n) is 3.84. The van der Waals surface area contributed by atoms with Crippen LogP contribution < -0.4 is 15.5 Å². The average molecular weight is 385 g/mol. The molecule has 1 aromatic carbocycles. The number of aromatic nitrogens is 2. The lowest BCUT2D eigenvalue weighted by Crippen LogP contribution is -2.34. The number of benzene rings is 1.